The highest BCUT2D eigenvalue weighted by atomic mass is 16.4. The second-order valence-corrected chi connectivity index (χ2v) is 5.73. The first-order valence-corrected chi connectivity index (χ1v) is 6.53. The molecule has 1 N–H and O–H groups in total. The van der Waals surface area contributed by atoms with Crippen LogP contribution in [-0.4, -0.2) is 25.8 Å². The monoisotopic (exact) mass is 251 g/mol. The number of aryl methyl sites for hydroxylation is 1. The number of nitrogens with zero attached hydrogens (tertiary/aromatic N) is 3. The Bertz CT molecular complexity index is 453. The Morgan fingerprint density at radius 3 is 2.61 bits per heavy atom. The standard InChI is InChI=1S/C13H21N3O2/c1-7(2)11-14-12(16(4)15-11)9-5-8(3)6-10(9)13(17)18/h7-10H,5-6H2,1-4H3,(H,17,18). The van der Waals surface area contributed by atoms with E-state index in [1.807, 2.05) is 20.9 Å². The number of carbonyl (C=O) groups is 1. The van der Waals surface area contributed by atoms with Gasteiger partial charge < -0.3 is 5.11 Å². The molecule has 0 aromatic carbocycles. The zero-order chi connectivity index (χ0) is 13.4. The molecule has 0 amide bonds. The molecule has 1 saturated carbocycles. The van der Waals surface area contributed by atoms with Gasteiger partial charge in [0.1, 0.15) is 5.82 Å². The molecule has 1 aliphatic carbocycles. The molecule has 1 aromatic heterocycles. The summed E-state index contributed by atoms with van der Waals surface area (Å²) in [6, 6.07) is 0. The minimum atomic E-state index is -0.710. The first kappa shape index (κ1) is 13.1. The summed E-state index contributed by atoms with van der Waals surface area (Å²) in [5.41, 5.74) is 0. The van der Waals surface area contributed by atoms with Gasteiger partial charge in [-0.3, -0.25) is 9.48 Å². The van der Waals surface area contributed by atoms with Gasteiger partial charge in [0.15, 0.2) is 5.82 Å². The predicted molar refractivity (Wildman–Crippen MR) is 67.4 cm³/mol. The van der Waals surface area contributed by atoms with Crippen LogP contribution in [0, 0.1) is 11.8 Å². The van der Waals surface area contributed by atoms with Gasteiger partial charge >= 0.3 is 5.97 Å². The Morgan fingerprint density at radius 2 is 2.11 bits per heavy atom. The number of hydrogen-bond donors (Lipinski definition) is 1. The molecule has 18 heavy (non-hydrogen) atoms. The van der Waals surface area contributed by atoms with Gasteiger partial charge in [0.25, 0.3) is 0 Å². The van der Waals surface area contributed by atoms with Crippen LogP contribution in [-0.2, 0) is 11.8 Å². The second-order valence-electron chi connectivity index (χ2n) is 5.73. The number of rotatable bonds is 3. The van der Waals surface area contributed by atoms with Gasteiger partial charge in [-0.05, 0) is 18.8 Å². The molecule has 100 valence electrons. The highest BCUT2D eigenvalue weighted by Gasteiger charge is 2.40. The summed E-state index contributed by atoms with van der Waals surface area (Å²) in [6.07, 6.45) is 1.63. The molecule has 5 nitrogen and oxygen atoms in total. The van der Waals surface area contributed by atoms with Crippen molar-refractivity contribution in [1.82, 2.24) is 14.8 Å². The third-order valence-corrected chi connectivity index (χ3v) is 3.78. The maximum Gasteiger partial charge on any atom is 0.307 e. The van der Waals surface area contributed by atoms with E-state index in [0.717, 1.165) is 24.5 Å². The summed E-state index contributed by atoms with van der Waals surface area (Å²) in [7, 11) is 1.86. The Hall–Kier alpha value is -1.39. The number of hydrogen-bond acceptors (Lipinski definition) is 3. The van der Waals surface area contributed by atoms with Crippen LogP contribution in [0.3, 0.4) is 0 Å². The van der Waals surface area contributed by atoms with Gasteiger partial charge in [0.05, 0.1) is 5.92 Å². The van der Waals surface area contributed by atoms with Gasteiger partial charge in [0, 0.05) is 18.9 Å². The van der Waals surface area contributed by atoms with E-state index in [1.165, 1.54) is 0 Å². The maximum absolute atomic E-state index is 11.3. The van der Waals surface area contributed by atoms with Crippen molar-refractivity contribution in [3.05, 3.63) is 11.6 Å². The molecule has 0 spiro atoms. The molecular formula is C13H21N3O2. The molecule has 1 heterocycles. The van der Waals surface area contributed by atoms with Crippen molar-refractivity contribution >= 4 is 5.97 Å². The lowest BCUT2D eigenvalue weighted by Crippen LogP contribution is -2.19. The highest BCUT2D eigenvalue weighted by Crippen LogP contribution is 2.42. The number of carboxylic acids is 1. The van der Waals surface area contributed by atoms with Gasteiger partial charge in [0.2, 0.25) is 0 Å². The first-order chi connectivity index (χ1) is 8.40. The van der Waals surface area contributed by atoms with E-state index in [4.69, 9.17) is 0 Å². The molecule has 5 heteroatoms. The van der Waals surface area contributed by atoms with Crippen LogP contribution in [0.4, 0.5) is 0 Å². The summed E-state index contributed by atoms with van der Waals surface area (Å²) in [4.78, 5) is 15.9. The Morgan fingerprint density at radius 1 is 1.44 bits per heavy atom. The van der Waals surface area contributed by atoms with Crippen molar-refractivity contribution < 1.29 is 9.90 Å². The van der Waals surface area contributed by atoms with E-state index in [1.54, 1.807) is 4.68 Å². The van der Waals surface area contributed by atoms with Crippen LogP contribution < -0.4 is 0 Å². The second kappa shape index (κ2) is 4.71. The Balaban J connectivity index is 2.32. The molecule has 1 aliphatic rings. The smallest absolute Gasteiger partial charge is 0.307 e. The maximum atomic E-state index is 11.3. The average molecular weight is 251 g/mol. The van der Waals surface area contributed by atoms with E-state index in [9.17, 15) is 9.90 Å². The van der Waals surface area contributed by atoms with E-state index >= 15 is 0 Å². The fourth-order valence-corrected chi connectivity index (χ4v) is 2.83. The summed E-state index contributed by atoms with van der Waals surface area (Å²) in [6.45, 7) is 6.20. The SMILES string of the molecule is CC1CC(C(=O)O)C(c2nc(C(C)C)nn2C)C1. The van der Waals surface area contributed by atoms with Gasteiger partial charge in [-0.25, -0.2) is 4.98 Å². The van der Waals surface area contributed by atoms with E-state index in [2.05, 4.69) is 17.0 Å². The number of aliphatic carboxylic acids is 1. The van der Waals surface area contributed by atoms with Crippen LogP contribution in [0.5, 0.6) is 0 Å². The predicted octanol–water partition coefficient (Wildman–Crippen LogP) is 2.15. The van der Waals surface area contributed by atoms with Crippen LogP contribution in [0.25, 0.3) is 0 Å². The molecular weight excluding hydrogens is 230 g/mol. The first-order valence-electron chi connectivity index (χ1n) is 6.53. The lowest BCUT2D eigenvalue weighted by atomic mass is 9.95. The fraction of sp³-hybridized carbons (Fsp3) is 0.769. The highest BCUT2D eigenvalue weighted by molar-refractivity contribution is 5.71. The van der Waals surface area contributed by atoms with Crippen LogP contribution >= 0.6 is 0 Å². The molecule has 1 aromatic rings. The molecule has 3 atom stereocenters. The fourth-order valence-electron chi connectivity index (χ4n) is 2.83. The van der Waals surface area contributed by atoms with Gasteiger partial charge in [-0.2, -0.15) is 5.10 Å². The van der Waals surface area contributed by atoms with E-state index in [-0.39, 0.29) is 17.8 Å². The zero-order valence-electron chi connectivity index (χ0n) is 11.4. The van der Waals surface area contributed by atoms with Crippen molar-refractivity contribution in [2.45, 2.75) is 45.4 Å². The van der Waals surface area contributed by atoms with Crippen LogP contribution in [0.2, 0.25) is 0 Å². The van der Waals surface area contributed by atoms with Gasteiger partial charge in [-0.1, -0.05) is 20.8 Å². The third kappa shape index (κ3) is 2.26. The van der Waals surface area contributed by atoms with Crippen molar-refractivity contribution in [2.24, 2.45) is 18.9 Å². The number of carboxylic acid groups (broad SMARTS) is 1. The minimum Gasteiger partial charge on any atom is -0.481 e. The van der Waals surface area contributed by atoms with Crippen molar-refractivity contribution in [1.29, 1.82) is 0 Å². The lowest BCUT2D eigenvalue weighted by Gasteiger charge is -2.14. The van der Waals surface area contributed by atoms with E-state index in [0.29, 0.717) is 5.92 Å². The van der Waals surface area contributed by atoms with Crippen molar-refractivity contribution in [3.63, 3.8) is 0 Å². The summed E-state index contributed by atoms with van der Waals surface area (Å²) in [5.74, 6) is 1.32. The third-order valence-electron chi connectivity index (χ3n) is 3.78. The molecule has 0 aliphatic heterocycles. The molecule has 3 unspecified atom stereocenters. The zero-order valence-corrected chi connectivity index (χ0v) is 11.4. The molecule has 0 radical (unpaired) electrons. The number of aromatic nitrogens is 3. The van der Waals surface area contributed by atoms with Crippen molar-refractivity contribution in [2.75, 3.05) is 0 Å². The van der Waals surface area contributed by atoms with Crippen LogP contribution in [0.1, 0.15) is 57.1 Å². The van der Waals surface area contributed by atoms with Crippen LogP contribution in [0.15, 0.2) is 0 Å². The lowest BCUT2D eigenvalue weighted by molar-refractivity contribution is -0.142. The Kier molecular flexibility index (Phi) is 3.41. The molecule has 2 rings (SSSR count). The topological polar surface area (TPSA) is 68.0 Å². The minimum absolute atomic E-state index is 0.00231. The average Bonchev–Trinajstić information content (AvgIpc) is 2.81. The summed E-state index contributed by atoms with van der Waals surface area (Å²) < 4.78 is 1.76. The largest absolute Gasteiger partial charge is 0.481 e. The molecule has 1 fully saturated rings. The normalized spacial score (nSPS) is 27.9. The summed E-state index contributed by atoms with van der Waals surface area (Å²) >= 11 is 0. The van der Waals surface area contributed by atoms with Crippen molar-refractivity contribution in [3.8, 4) is 0 Å². The molecule has 0 bridgehead atoms. The summed E-state index contributed by atoms with van der Waals surface area (Å²) in [5, 5.41) is 13.7. The van der Waals surface area contributed by atoms with E-state index < -0.39 is 5.97 Å². The van der Waals surface area contributed by atoms with Gasteiger partial charge in [-0.15, -0.1) is 0 Å². The quantitative estimate of drug-likeness (QED) is 0.893. The Labute approximate surface area is 107 Å². The molecule has 0 saturated heterocycles.